The number of rotatable bonds is 6. The fourth-order valence-corrected chi connectivity index (χ4v) is 2.51. The summed E-state index contributed by atoms with van der Waals surface area (Å²) in [6.45, 7) is 4.23. The number of nitrogens with zero attached hydrogens (tertiary/aromatic N) is 1. The predicted molar refractivity (Wildman–Crippen MR) is 77.6 cm³/mol. The minimum Gasteiger partial charge on any atom is -0.384 e. The van der Waals surface area contributed by atoms with Crippen molar-refractivity contribution in [2.75, 3.05) is 17.9 Å². The first-order valence-corrected chi connectivity index (χ1v) is 7.36. The lowest BCUT2D eigenvalue weighted by molar-refractivity contribution is 0.558. The Bertz CT molecular complexity index is 555. The fourth-order valence-electron chi connectivity index (χ4n) is 1.38. The molecule has 0 heterocycles. The Labute approximate surface area is 114 Å². The van der Waals surface area contributed by atoms with E-state index in [-0.39, 0.29) is 11.8 Å². The van der Waals surface area contributed by atoms with Gasteiger partial charge in [0.25, 0.3) is 0 Å². The number of benzene rings is 1. The lowest BCUT2D eigenvalue weighted by Crippen LogP contribution is -2.39. The summed E-state index contributed by atoms with van der Waals surface area (Å²) < 4.78 is 27.8. The second kappa shape index (κ2) is 6.03. The summed E-state index contributed by atoms with van der Waals surface area (Å²) in [6.07, 6.45) is 0. The van der Waals surface area contributed by atoms with E-state index in [4.69, 9.17) is 11.1 Å². The number of amidine groups is 1. The van der Waals surface area contributed by atoms with Gasteiger partial charge in [0.1, 0.15) is 5.84 Å². The first-order valence-electron chi connectivity index (χ1n) is 5.92. The summed E-state index contributed by atoms with van der Waals surface area (Å²) in [4.78, 5) is 0. The highest BCUT2D eigenvalue weighted by molar-refractivity contribution is 7.90. The third kappa shape index (κ3) is 4.22. The van der Waals surface area contributed by atoms with Crippen LogP contribution in [0.5, 0.6) is 0 Å². The molecule has 0 saturated heterocycles. The minimum absolute atomic E-state index is 0.0946. The molecule has 19 heavy (non-hydrogen) atoms. The Balaban J connectivity index is 2.96. The average molecular weight is 284 g/mol. The van der Waals surface area contributed by atoms with E-state index >= 15 is 0 Å². The summed E-state index contributed by atoms with van der Waals surface area (Å²) in [5.41, 5.74) is 6.34. The largest absolute Gasteiger partial charge is 0.384 e. The molecule has 106 valence electrons. The van der Waals surface area contributed by atoms with Crippen molar-refractivity contribution in [1.82, 2.24) is 4.72 Å². The number of anilines is 1. The zero-order chi connectivity index (χ0) is 14.6. The fraction of sp³-hybridized carbons (Fsp3) is 0.417. The van der Waals surface area contributed by atoms with Crippen LogP contribution in [0.2, 0.25) is 0 Å². The standard InChI is InChI=1S/C12H20N4O2S/c1-9(2)8-15-19(17,18)16(3)11-6-4-5-10(7-11)12(13)14/h4-7,9,15H,8H2,1-3H3,(H3,13,14). The molecule has 0 fully saturated rings. The van der Waals surface area contributed by atoms with Crippen LogP contribution in [-0.2, 0) is 10.2 Å². The van der Waals surface area contributed by atoms with Crippen molar-refractivity contribution >= 4 is 21.7 Å². The minimum atomic E-state index is -3.58. The highest BCUT2D eigenvalue weighted by atomic mass is 32.2. The van der Waals surface area contributed by atoms with E-state index < -0.39 is 10.2 Å². The molecule has 7 heteroatoms. The smallest absolute Gasteiger partial charge is 0.301 e. The number of nitrogen functional groups attached to an aromatic ring is 1. The normalized spacial score (nSPS) is 11.6. The van der Waals surface area contributed by atoms with Crippen LogP contribution >= 0.6 is 0 Å². The van der Waals surface area contributed by atoms with Crippen LogP contribution in [0.4, 0.5) is 5.69 Å². The number of hydrogen-bond acceptors (Lipinski definition) is 3. The molecule has 0 spiro atoms. The first kappa shape index (κ1) is 15.5. The van der Waals surface area contributed by atoms with Gasteiger partial charge in [-0.25, -0.2) is 0 Å². The molecule has 0 bridgehead atoms. The van der Waals surface area contributed by atoms with E-state index in [0.717, 1.165) is 4.31 Å². The van der Waals surface area contributed by atoms with Gasteiger partial charge < -0.3 is 5.73 Å². The Kier molecular flexibility index (Phi) is 4.90. The van der Waals surface area contributed by atoms with E-state index in [1.54, 1.807) is 24.3 Å². The molecule has 1 aromatic rings. The molecule has 0 radical (unpaired) electrons. The van der Waals surface area contributed by atoms with Crippen LogP contribution in [0.1, 0.15) is 19.4 Å². The van der Waals surface area contributed by atoms with Crippen LogP contribution in [0, 0.1) is 11.3 Å². The van der Waals surface area contributed by atoms with Crippen LogP contribution in [0.3, 0.4) is 0 Å². The molecular formula is C12H20N4O2S. The van der Waals surface area contributed by atoms with Gasteiger partial charge in [0.2, 0.25) is 0 Å². The van der Waals surface area contributed by atoms with Gasteiger partial charge in [0, 0.05) is 19.2 Å². The summed E-state index contributed by atoms with van der Waals surface area (Å²) in [5, 5.41) is 7.36. The molecule has 0 aliphatic rings. The maximum Gasteiger partial charge on any atom is 0.301 e. The molecule has 0 saturated carbocycles. The van der Waals surface area contributed by atoms with Crippen molar-refractivity contribution in [3.8, 4) is 0 Å². The lowest BCUT2D eigenvalue weighted by Gasteiger charge is -2.21. The molecule has 1 rings (SSSR count). The summed E-state index contributed by atoms with van der Waals surface area (Å²) in [6, 6.07) is 6.55. The topological polar surface area (TPSA) is 99.3 Å². The number of nitrogens with two attached hydrogens (primary N) is 1. The summed E-state index contributed by atoms with van der Waals surface area (Å²) in [5.74, 6) is 0.134. The molecule has 0 aliphatic heterocycles. The highest BCUT2D eigenvalue weighted by Crippen LogP contribution is 2.17. The van der Waals surface area contributed by atoms with Gasteiger partial charge in [-0.05, 0) is 18.1 Å². The van der Waals surface area contributed by atoms with Gasteiger partial charge in [-0.15, -0.1) is 0 Å². The molecular weight excluding hydrogens is 264 g/mol. The second-order valence-corrected chi connectivity index (χ2v) is 6.47. The van der Waals surface area contributed by atoms with Gasteiger partial charge in [0.15, 0.2) is 0 Å². The molecule has 0 aromatic heterocycles. The summed E-state index contributed by atoms with van der Waals surface area (Å²) >= 11 is 0. The zero-order valence-corrected chi connectivity index (χ0v) is 12.2. The van der Waals surface area contributed by atoms with Crippen LogP contribution in [-0.4, -0.2) is 27.8 Å². The molecule has 4 N–H and O–H groups in total. The predicted octanol–water partition coefficient (Wildman–Crippen LogP) is 0.897. The van der Waals surface area contributed by atoms with Gasteiger partial charge in [-0.3, -0.25) is 9.71 Å². The number of hydrogen-bond donors (Lipinski definition) is 3. The van der Waals surface area contributed by atoms with E-state index in [1.807, 2.05) is 13.8 Å². The maximum atomic E-state index is 12.0. The van der Waals surface area contributed by atoms with E-state index in [2.05, 4.69) is 4.72 Å². The van der Waals surface area contributed by atoms with Crippen LogP contribution in [0.15, 0.2) is 24.3 Å². The van der Waals surface area contributed by atoms with Crippen LogP contribution in [0.25, 0.3) is 0 Å². The van der Waals surface area contributed by atoms with Crippen molar-refractivity contribution in [2.45, 2.75) is 13.8 Å². The van der Waals surface area contributed by atoms with Gasteiger partial charge >= 0.3 is 10.2 Å². The second-order valence-electron chi connectivity index (χ2n) is 4.68. The summed E-state index contributed by atoms with van der Waals surface area (Å²) in [7, 11) is -2.12. The third-order valence-corrected chi connectivity index (χ3v) is 4.02. The van der Waals surface area contributed by atoms with E-state index in [1.165, 1.54) is 7.05 Å². The molecule has 1 aromatic carbocycles. The highest BCUT2D eigenvalue weighted by Gasteiger charge is 2.18. The molecule has 6 nitrogen and oxygen atoms in total. The molecule has 0 amide bonds. The SMILES string of the molecule is CC(C)CNS(=O)(=O)N(C)c1cccc(C(=N)N)c1. The van der Waals surface area contributed by atoms with E-state index in [9.17, 15) is 8.42 Å². The lowest BCUT2D eigenvalue weighted by atomic mass is 10.2. The Morgan fingerprint density at radius 2 is 2.11 bits per heavy atom. The number of nitrogens with one attached hydrogen (secondary N) is 2. The monoisotopic (exact) mass is 284 g/mol. The van der Waals surface area contributed by atoms with Crippen molar-refractivity contribution in [2.24, 2.45) is 11.7 Å². The van der Waals surface area contributed by atoms with Crippen molar-refractivity contribution in [3.63, 3.8) is 0 Å². The van der Waals surface area contributed by atoms with Crippen LogP contribution < -0.4 is 14.8 Å². The van der Waals surface area contributed by atoms with Gasteiger partial charge in [-0.1, -0.05) is 26.0 Å². The van der Waals surface area contributed by atoms with E-state index in [0.29, 0.717) is 17.8 Å². The molecule has 0 aliphatic carbocycles. The molecule has 0 atom stereocenters. The Hall–Kier alpha value is -1.60. The van der Waals surface area contributed by atoms with Gasteiger partial charge in [-0.2, -0.15) is 13.1 Å². The average Bonchev–Trinajstić information content (AvgIpc) is 2.35. The quantitative estimate of drug-likeness (QED) is 0.534. The Morgan fingerprint density at radius 3 is 2.63 bits per heavy atom. The van der Waals surface area contributed by atoms with Crippen molar-refractivity contribution < 1.29 is 8.42 Å². The van der Waals surface area contributed by atoms with Crippen molar-refractivity contribution in [3.05, 3.63) is 29.8 Å². The zero-order valence-electron chi connectivity index (χ0n) is 11.3. The molecule has 0 unspecified atom stereocenters. The Morgan fingerprint density at radius 1 is 1.47 bits per heavy atom. The maximum absolute atomic E-state index is 12.0. The first-order chi connectivity index (χ1) is 8.74. The van der Waals surface area contributed by atoms with Crippen molar-refractivity contribution in [1.29, 1.82) is 5.41 Å². The van der Waals surface area contributed by atoms with Gasteiger partial charge in [0.05, 0.1) is 5.69 Å². The third-order valence-electron chi connectivity index (χ3n) is 2.56.